The molecule has 0 heterocycles. The highest BCUT2D eigenvalue weighted by molar-refractivity contribution is 6.17. The number of halogens is 1. The van der Waals surface area contributed by atoms with E-state index in [1.54, 1.807) is 12.1 Å². The number of carboxylic acid groups (broad SMARTS) is 1. The Kier molecular flexibility index (Phi) is 4.26. The van der Waals surface area contributed by atoms with E-state index in [2.05, 4.69) is 0 Å². The van der Waals surface area contributed by atoms with Crippen molar-refractivity contribution >= 4 is 17.6 Å². The highest BCUT2D eigenvalue weighted by Crippen LogP contribution is 2.14. The Labute approximate surface area is 87.3 Å². The molecule has 0 spiro atoms. The lowest BCUT2D eigenvalue weighted by atomic mass is 10.2. The largest absolute Gasteiger partial charge is 0.493 e. The van der Waals surface area contributed by atoms with Crippen LogP contribution in [0.2, 0.25) is 0 Å². The van der Waals surface area contributed by atoms with Crippen LogP contribution < -0.4 is 4.74 Å². The molecule has 0 saturated carbocycles. The van der Waals surface area contributed by atoms with Crippen LogP contribution in [0.1, 0.15) is 12.0 Å². The van der Waals surface area contributed by atoms with E-state index in [0.29, 0.717) is 11.6 Å². The van der Waals surface area contributed by atoms with Crippen LogP contribution in [0.3, 0.4) is 0 Å². The molecule has 0 aliphatic rings. The summed E-state index contributed by atoms with van der Waals surface area (Å²) in [6.07, 6.45) is 0.00506. The summed E-state index contributed by atoms with van der Waals surface area (Å²) in [4.78, 5) is 10.2. The Morgan fingerprint density at radius 3 is 2.93 bits per heavy atom. The number of rotatable bonds is 5. The van der Waals surface area contributed by atoms with Crippen LogP contribution in [0, 0.1) is 0 Å². The Morgan fingerprint density at radius 2 is 2.29 bits per heavy atom. The molecule has 1 rings (SSSR count). The van der Waals surface area contributed by atoms with E-state index in [1.165, 1.54) is 0 Å². The molecule has 0 saturated heterocycles. The van der Waals surface area contributed by atoms with Gasteiger partial charge in [0, 0.05) is 5.88 Å². The van der Waals surface area contributed by atoms with Gasteiger partial charge in [0.15, 0.2) is 0 Å². The first-order chi connectivity index (χ1) is 6.72. The third-order valence-corrected chi connectivity index (χ3v) is 1.95. The van der Waals surface area contributed by atoms with Gasteiger partial charge >= 0.3 is 5.97 Å². The molecular weight excluding hydrogens is 204 g/mol. The number of carbonyl (C=O) groups is 1. The van der Waals surface area contributed by atoms with E-state index in [9.17, 15) is 4.79 Å². The highest BCUT2D eigenvalue weighted by atomic mass is 35.5. The molecule has 76 valence electrons. The zero-order valence-electron chi connectivity index (χ0n) is 7.57. The third-order valence-electron chi connectivity index (χ3n) is 1.64. The van der Waals surface area contributed by atoms with Gasteiger partial charge < -0.3 is 9.84 Å². The van der Waals surface area contributed by atoms with Gasteiger partial charge in [-0.2, -0.15) is 0 Å². The minimum Gasteiger partial charge on any atom is -0.493 e. The van der Waals surface area contributed by atoms with Gasteiger partial charge in [-0.3, -0.25) is 4.79 Å². The molecule has 1 N–H and O–H groups in total. The lowest BCUT2D eigenvalue weighted by Crippen LogP contribution is -2.04. The third kappa shape index (κ3) is 3.66. The van der Waals surface area contributed by atoms with Crippen LogP contribution in [-0.4, -0.2) is 17.7 Å². The maximum absolute atomic E-state index is 10.2. The first kappa shape index (κ1) is 10.9. The number of benzene rings is 1. The van der Waals surface area contributed by atoms with Crippen LogP contribution in [0.4, 0.5) is 0 Å². The van der Waals surface area contributed by atoms with Crippen molar-refractivity contribution in [1.29, 1.82) is 0 Å². The zero-order chi connectivity index (χ0) is 10.4. The summed E-state index contributed by atoms with van der Waals surface area (Å²) in [5, 5.41) is 8.39. The van der Waals surface area contributed by atoms with Gasteiger partial charge in [0.25, 0.3) is 0 Å². The number of alkyl halides is 1. The standard InChI is InChI=1S/C10H11ClO3/c11-7-8-2-1-3-9(6-8)14-5-4-10(12)13/h1-3,6H,4-5,7H2,(H,12,13). The fourth-order valence-electron chi connectivity index (χ4n) is 0.975. The summed E-state index contributed by atoms with van der Waals surface area (Å²) in [5.74, 6) is 0.221. The van der Waals surface area contributed by atoms with Crippen LogP contribution in [-0.2, 0) is 10.7 Å². The van der Waals surface area contributed by atoms with Gasteiger partial charge in [-0.05, 0) is 17.7 Å². The van der Waals surface area contributed by atoms with Gasteiger partial charge in [-0.25, -0.2) is 0 Å². The average molecular weight is 215 g/mol. The molecule has 0 bridgehead atoms. The van der Waals surface area contributed by atoms with Crippen LogP contribution in [0.25, 0.3) is 0 Å². The van der Waals surface area contributed by atoms with E-state index in [4.69, 9.17) is 21.4 Å². The highest BCUT2D eigenvalue weighted by Gasteiger charge is 1.99. The quantitative estimate of drug-likeness (QED) is 0.765. The van der Waals surface area contributed by atoms with Crippen molar-refractivity contribution in [1.82, 2.24) is 0 Å². The molecule has 0 aliphatic carbocycles. The second kappa shape index (κ2) is 5.50. The predicted octanol–water partition coefficient (Wildman–Crippen LogP) is 2.28. The van der Waals surface area contributed by atoms with Crippen molar-refractivity contribution in [2.75, 3.05) is 6.61 Å². The van der Waals surface area contributed by atoms with Crippen molar-refractivity contribution in [2.45, 2.75) is 12.3 Å². The van der Waals surface area contributed by atoms with E-state index in [1.807, 2.05) is 12.1 Å². The topological polar surface area (TPSA) is 46.5 Å². The molecule has 1 aromatic rings. The molecule has 3 nitrogen and oxygen atoms in total. The van der Waals surface area contributed by atoms with Crippen molar-refractivity contribution in [3.63, 3.8) is 0 Å². The second-order valence-electron chi connectivity index (χ2n) is 2.77. The minimum absolute atomic E-state index is 0.00506. The van der Waals surface area contributed by atoms with E-state index >= 15 is 0 Å². The molecule has 0 radical (unpaired) electrons. The maximum Gasteiger partial charge on any atom is 0.306 e. The molecular formula is C10H11ClO3. The van der Waals surface area contributed by atoms with Crippen molar-refractivity contribution in [2.24, 2.45) is 0 Å². The van der Waals surface area contributed by atoms with E-state index in [0.717, 1.165) is 5.56 Å². The van der Waals surface area contributed by atoms with Crippen LogP contribution in [0.15, 0.2) is 24.3 Å². The first-order valence-electron chi connectivity index (χ1n) is 4.22. The molecule has 0 amide bonds. The van der Waals surface area contributed by atoms with Gasteiger partial charge in [0.05, 0.1) is 13.0 Å². The first-order valence-corrected chi connectivity index (χ1v) is 4.75. The number of ether oxygens (including phenoxy) is 1. The summed E-state index contributed by atoms with van der Waals surface area (Å²) >= 11 is 5.63. The van der Waals surface area contributed by atoms with E-state index < -0.39 is 5.97 Å². The molecule has 1 aromatic carbocycles. The number of hydrogen-bond acceptors (Lipinski definition) is 2. The Morgan fingerprint density at radius 1 is 1.50 bits per heavy atom. The number of aliphatic carboxylic acids is 1. The summed E-state index contributed by atoms with van der Waals surface area (Å²) in [6, 6.07) is 7.29. The molecule has 4 heteroatoms. The van der Waals surface area contributed by atoms with Crippen molar-refractivity contribution in [3.05, 3.63) is 29.8 Å². The van der Waals surface area contributed by atoms with Gasteiger partial charge in [0.1, 0.15) is 5.75 Å². The SMILES string of the molecule is O=C(O)CCOc1cccc(CCl)c1. The maximum atomic E-state index is 10.2. The molecule has 0 unspecified atom stereocenters. The summed E-state index contributed by atoms with van der Waals surface area (Å²) in [5.41, 5.74) is 0.958. The van der Waals surface area contributed by atoms with Crippen LogP contribution >= 0.6 is 11.6 Å². The van der Waals surface area contributed by atoms with Gasteiger partial charge in [-0.15, -0.1) is 11.6 Å². The second-order valence-corrected chi connectivity index (χ2v) is 3.04. The summed E-state index contributed by atoms with van der Waals surface area (Å²) in [6.45, 7) is 0.182. The summed E-state index contributed by atoms with van der Waals surface area (Å²) < 4.78 is 5.22. The zero-order valence-corrected chi connectivity index (χ0v) is 8.33. The van der Waals surface area contributed by atoms with Crippen molar-refractivity contribution in [3.8, 4) is 5.75 Å². The minimum atomic E-state index is -0.863. The lowest BCUT2D eigenvalue weighted by molar-refractivity contribution is -0.137. The Balaban J connectivity index is 2.46. The van der Waals surface area contributed by atoms with Gasteiger partial charge in [0.2, 0.25) is 0 Å². The van der Waals surface area contributed by atoms with Crippen molar-refractivity contribution < 1.29 is 14.6 Å². The van der Waals surface area contributed by atoms with E-state index in [-0.39, 0.29) is 13.0 Å². The number of hydrogen-bond donors (Lipinski definition) is 1. The smallest absolute Gasteiger partial charge is 0.306 e. The molecule has 14 heavy (non-hydrogen) atoms. The number of carboxylic acids is 1. The Hall–Kier alpha value is -1.22. The Bertz CT molecular complexity index is 312. The summed E-state index contributed by atoms with van der Waals surface area (Å²) in [7, 11) is 0. The average Bonchev–Trinajstić information content (AvgIpc) is 2.18. The predicted molar refractivity (Wildman–Crippen MR) is 53.7 cm³/mol. The fraction of sp³-hybridized carbons (Fsp3) is 0.300. The molecule has 0 fully saturated rings. The molecule has 0 aromatic heterocycles. The van der Waals surface area contributed by atoms with Gasteiger partial charge in [-0.1, -0.05) is 12.1 Å². The lowest BCUT2D eigenvalue weighted by Gasteiger charge is -2.05. The fourth-order valence-corrected chi connectivity index (χ4v) is 1.14. The molecule has 0 atom stereocenters. The molecule has 0 aliphatic heterocycles. The van der Waals surface area contributed by atoms with Crippen LogP contribution in [0.5, 0.6) is 5.75 Å². The monoisotopic (exact) mass is 214 g/mol. The normalized spacial score (nSPS) is 9.79.